The van der Waals surface area contributed by atoms with E-state index in [9.17, 15) is 13.2 Å². The molecule has 1 aromatic rings. The van der Waals surface area contributed by atoms with Gasteiger partial charge in [-0.1, -0.05) is 6.42 Å². The predicted octanol–water partition coefficient (Wildman–Crippen LogP) is 2.41. The van der Waals surface area contributed by atoms with E-state index in [1.807, 2.05) is 0 Å². The number of hydrogen-bond acceptors (Lipinski definition) is 3. The summed E-state index contributed by atoms with van der Waals surface area (Å²) in [6.45, 7) is 2.30. The molecule has 3 rings (SSSR count). The molecular formula is C13H20ClF3N4. The highest BCUT2D eigenvalue weighted by Gasteiger charge is 2.39. The van der Waals surface area contributed by atoms with E-state index >= 15 is 0 Å². The Morgan fingerprint density at radius 1 is 1.33 bits per heavy atom. The highest BCUT2D eigenvalue weighted by Crippen LogP contribution is 2.36. The molecule has 1 aromatic heterocycles. The molecule has 0 radical (unpaired) electrons. The van der Waals surface area contributed by atoms with Crippen molar-refractivity contribution in [3.05, 3.63) is 17.5 Å². The molecule has 120 valence electrons. The van der Waals surface area contributed by atoms with Crippen LogP contribution in [0.1, 0.15) is 30.7 Å². The van der Waals surface area contributed by atoms with Gasteiger partial charge >= 0.3 is 6.18 Å². The lowest BCUT2D eigenvalue weighted by Gasteiger charge is -2.29. The van der Waals surface area contributed by atoms with Gasteiger partial charge in [-0.25, -0.2) is 0 Å². The summed E-state index contributed by atoms with van der Waals surface area (Å²) in [6.07, 6.45) is -0.961. The molecular weight excluding hydrogens is 305 g/mol. The van der Waals surface area contributed by atoms with Gasteiger partial charge in [0.25, 0.3) is 0 Å². The molecule has 21 heavy (non-hydrogen) atoms. The first kappa shape index (κ1) is 16.6. The number of hydrogen-bond donors (Lipinski definition) is 2. The molecule has 0 amide bonds. The highest BCUT2D eigenvalue weighted by molar-refractivity contribution is 5.85. The van der Waals surface area contributed by atoms with Gasteiger partial charge in [0.15, 0.2) is 5.69 Å². The predicted molar refractivity (Wildman–Crippen MR) is 74.9 cm³/mol. The summed E-state index contributed by atoms with van der Waals surface area (Å²) in [4.78, 5) is 2.19. The Labute approximate surface area is 127 Å². The molecule has 1 saturated heterocycles. The van der Waals surface area contributed by atoms with Crippen LogP contribution in [-0.4, -0.2) is 34.2 Å². The Balaban J connectivity index is 0.00000161. The minimum Gasteiger partial charge on any atom is -0.327 e. The topological polar surface area (TPSA) is 57.9 Å². The largest absolute Gasteiger partial charge is 0.435 e. The molecule has 4 nitrogen and oxygen atoms in total. The number of aromatic nitrogens is 2. The fourth-order valence-corrected chi connectivity index (χ4v) is 3.57. The maximum Gasteiger partial charge on any atom is 0.435 e. The van der Waals surface area contributed by atoms with E-state index in [4.69, 9.17) is 5.73 Å². The van der Waals surface area contributed by atoms with Gasteiger partial charge < -0.3 is 5.73 Å². The molecule has 0 aromatic carbocycles. The first-order chi connectivity index (χ1) is 9.43. The quantitative estimate of drug-likeness (QED) is 0.878. The Morgan fingerprint density at radius 3 is 2.71 bits per heavy atom. The summed E-state index contributed by atoms with van der Waals surface area (Å²) in [5.41, 5.74) is 5.81. The van der Waals surface area contributed by atoms with Crippen LogP contribution in [0, 0.1) is 11.8 Å². The van der Waals surface area contributed by atoms with Crippen LogP contribution >= 0.6 is 12.4 Å². The fourth-order valence-electron chi connectivity index (χ4n) is 3.57. The average Bonchev–Trinajstić information content (AvgIpc) is 2.96. The lowest BCUT2D eigenvalue weighted by Crippen LogP contribution is -2.38. The fraction of sp³-hybridized carbons (Fsp3) is 0.769. The lowest BCUT2D eigenvalue weighted by molar-refractivity contribution is -0.141. The molecule has 3 N–H and O–H groups in total. The SMILES string of the molecule is Cl.NC1CCCC2CN(Cc3cc(C(F)(F)F)n[nH]3)CC12. The number of nitrogens with one attached hydrogen (secondary N) is 1. The van der Waals surface area contributed by atoms with Crippen LogP contribution in [0.3, 0.4) is 0 Å². The zero-order valence-corrected chi connectivity index (χ0v) is 12.4. The van der Waals surface area contributed by atoms with Gasteiger partial charge in [0, 0.05) is 31.4 Å². The Morgan fingerprint density at radius 2 is 2.10 bits per heavy atom. The van der Waals surface area contributed by atoms with Crippen molar-refractivity contribution in [3.63, 3.8) is 0 Å². The lowest BCUT2D eigenvalue weighted by atomic mass is 9.78. The molecule has 3 unspecified atom stereocenters. The monoisotopic (exact) mass is 324 g/mol. The van der Waals surface area contributed by atoms with Gasteiger partial charge in [0.05, 0.1) is 0 Å². The minimum atomic E-state index is -4.38. The van der Waals surface area contributed by atoms with Crippen molar-refractivity contribution < 1.29 is 13.2 Å². The number of H-pyrrole nitrogens is 1. The van der Waals surface area contributed by atoms with Gasteiger partial charge in [-0.15, -0.1) is 12.4 Å². The van der Waals surface area contributed by atoms with E-state index < -0.39 is 11.9 Å². The molecule has 1 aliphatic heterocycles. The van der Waals surface area contributed by atoms with E-state index in [0.29, 0.717) is 24.1 Å². The summed E-state index contributed by atoms with van der Waals surface area (Å²) in [6, 6.07) is 1.34. The second-order valence-electron chi connectivity index (χ2n) is 5.99. The summed E-state index contributed by atoms with van der Waals surface area (Å²) in [7, 11) is 0. The molecule has 1 saturated carbocycles. The van der Waals surface area contributed by atoms with Gasteiger partial charge in [-0.2, -0.15) is 18.3 Å². The highest BCUT2D eigenvalue weighted by atomic mass is 35.5. The maximum absolute atomic E-state index is 12.5. The van der Waals surface area contributed by atoms with E-state index in [1.165, 1.54) is 12.8 Å². The molecule has 0 spiro atoms. The van der Waals surface area contributed by atoms with Crippen LogP contribution in [-0.2, 0) is 12.7 Å². The molecule has 2 aliphatic rings. The van der Waals surface area contributed by atoms with E-state index in [0.717, 1.165) is 25.6 Å². The average molecular weight is 325 g/mol. The van der Waals surface area contributed by atoms with Crippen molar-refractivity contribution in [3.8, 4) is 0 Å². The number of nitrogens with two attached hydrogens (primary N) is 1. The number of likely N-dealkylation sites (tertiary alicyclic amines) is 1. The minimum absolute atomic E-state index is 0. The molecule has 8 heteroatoms. The first-order valence-corrected chi connectivity index (χ1v) is 7.03. The normalized spacial score (nSPS) is 30.0. The van der Waals surface area contributed by atoms with Crippen molar-refractivity contribution in [1.82, 2.24) is 15.1 Å². The van der Waals surface area contributed by atoms with E-state index in [2.05, 4.69) is 15.1 Å². The molecule has 1 aliphatic carbocycles. The van der Waals surface area contributed by atoms with Crippen molar-refractivity contribution in [1.29, 1.82) is 0 Å². The summed E-state index contributed by atoms with van der Waals surface area (Å²) in [5.74, 6) is 1.09. The van der Waals surface area contributed by atoms with Crippen LogP contribution in [0.15, 0.2) is 6.07 Å². The summed E-state index contributed by atoms with van der Waals surface area (Å²) in [5, 5.41) is 5.82. The zero-order valence-electron chi connectivity index (χ0n) is 11.6. The van der Waals surface area contributed by atoms with Crippen LogP contribution in [0.5, 0.6) is 0 Å². The van der Waals surface area contributed by atoms with Crippen molar-refractivity contribution in [2.45, 2.75) is 38.0 Å². The Hall–Kier alpha value is -0.790. The molecule has 2 fully saturated rings. The number of rotatable bonds is 2. The third-order valence-corrected chi connectivity index (χ3v) is 4.54. The Kier molecular flexibility index (Phi) is 4.85. The van der Waals surface area contributed by atoms with Gasteiger partial charge in [0.2, 0.25) is 0 Å². The number of fused-ring (bicyclic) bond motifs is 1. The number of nitrogens with zero attached hydrogens (tertiary/aromatic N) is 2. The van der Waals surface area contributed by atoms with E-state index in [-0.39, 0.29) is 18.4 Å². The van der Waals surface area contributed by atoms with Crippen LogP contribution in [0.25, 0.3) is 0 Å². The van der Waals surface area contributed by atoms with Gasteiger partial charge in [-0.05, 0) is 30.7 Å². The second-order valence-corrected chi connectivity index (χ2v) is 5.99. The molecule has 0 bridgehead atoms. The third-order valence-electron chi connectivity index (χ3n) is 4.54. The zero-order chi connectivity index (χ0) is 14.3. The standard InChI is InChI=1S/C13H19F3N4.ClH/c14-13(15,16)12-4-9(18-19-12)6-20-5-8-2-1-3-11(17)10(8)7-20;/h4,8,10-11H,1-3,5-7,17H2,(H,18,19);1H. The number of alkyl halides is 3. The first-order valence-electron chi connectivity index (χ1n) is 7.03. The summed E-state index contributed by atoms with van der Waals surface area (Å²) >= 11 is 0. The maximum atomic E-state index is 12.5. The Bertz CT molecular complexity index is 476. The molecule has 3 atom stereocenters. The van der Waals surface area contributed by atoms with Gasteiger partial charge in [-0.3, -0.25) is 10.00 Å². The second kappa shape index (κ2) is 6.14. The third kappa shape index (κ3) is 3.52. The van der Waals surface area contributed by atoms with Crippen LogP contribution in [0.2, 0.25) is 0 Å². The smallest absolute Gasteiger partial charge is 0.327 e. The van der Waals surface area contributed by atoms with Crippen molar-refractivity contribution in [2.24, 2.45) is 17.6 Å². The van der Waals surface area contributed by atoms with E-state index in [1.54, 1.807) is 0 Å². The van der Waals surface area contributed by atoms with Crippen LogP contribution in [0.4, 0.5) is 13.2 Å². The van der Waals surface area contributed by atoms with Crippen molar-refractivity contribution >= 4 is 12.4 Å². The number of aromatic amines is 1. The van der Waals surface area contributed by atoms with Crippen LogP contribution < -0.4 is 5.73 Å². The summed E-state index contributed by atoms with van der Waals surface area (Å²) < 4.78 is 37.5. The van der Waals surface area contributed by atoms with Crippen molar-refractivity contribution in [2.75, 3.05) is 13.1 Å². The van der Waals surface area contributed by atoms with Gasteiger partial charge in [0.1, 0.15) is 0 Å². The molecule has 2 heterocycles. The number of halogens is 4.